The van der Waals surface area contributed by atoms with E-state index in [1.54, 1.807) is 0 Å². The molecule has 1 saturated heterocycles. The highest BCUT2D eigenvalue weighted by Gasteiger charge is 2.30. The Kier molecular flexibility index (Phi) is 6.05. The van der Waals surface area contributed by atoms with Gasteiger partial charge in [0.25, 0.3) is 0 Å². The molecule has 1 amide bonds. The van der Waals surface area contributed by atoms with E-state index in [0.717, 1.165) is 32.5 Å². The molecule has 1 aromatic rings. The number of carbonyl (C=O) groups is 1. The van der Waals surface area contributed by atoms with Gasteiger partial charge >= 0.3 is 6.09 Å². The summed E-state index contributed by atoms with van der Waals surface area (Å²) in [6, 6.07) is 10.6. The van der Waals surface area contributed by atoms with Crippen molar-refractivity contribution in [2.24, 2.45) is 5.92 Å². The quantitative estimate of drug-likeness (QED) is 0.819. The molecule has 0 unspecified atom stereocenters. The fraction of sp³-hybridized carbons (Fsp3) is 0.588. The van der Waals surface area contributed by atoms with E-state index in [1.165, 1.54) is 5.56 Å². The number of nitrogens with one attached hydrogen (secondary N) is 1. The van der Waals surface area contributed by atoms with Crippen molar-refractivity contribution in [1.29, 1.82) is 0 Å². The molecule has 0 bridgehead atoms. The van der Waals surface area contributed by atoms with Gasteiger partial charge in [-0.05, 0) is 17.9 Å². The lowest BCUT2D eigenvalue weighted by Gasteiger charge is -2.17. The molecule has 4 nitrogen and oxygen atoms in total. The van der Waals surface area contributed by atoms with Crippen molar-refractivity contribution in [3.05, 3.63) is 35.9 Å². The summed E-state index contributed by atoms with van der Waals surface area (Å²) in [6.07, 6.45) is 1.69. The molecule has 1 aliphatic heterocycles. The topological polar surface area (TPSA) is 41.6 Å². The summed E-state index contributed by atoms with van der Waals surface area (Å²) < 4.78 is 5.18. The Morgan fingerprint density at radius 1 is 1.33 bits per heavy atom. The number of hydrogen-bond donors (Lipinski definition) is 1. The van der Waals surface area contributed by atoms with E-state index in [1.807, 2.05) is 6.07 Å². The van der Waals surface area contributed by atoms with Gasteiger partial charge in [-0.25, -0.2) is 4.79 Å². The lowest BCUT2D eigenvalue weighted by molar-refractivity contribution is 0.139. The minimum absolute atomic E-state index is 0.183. The van der Waals surface area contributed by atoms with Crippen molar-refractivity contribution in [3.8, 4) is 0 Å². The number of hydrogen-bond acceptors (Lipinski definition) is 3. The summed E-state index contributed by atoms with van der Waals surface area (Å²) in [5.74, 6) is 0.451. The van der Waals surface area contributed by atoms with Crippen LogP contribution in [-0.2, 0) is 11.3 Å². The van der Waals surface area contributed by atoms with Crippen molar-refractivity contribution in [1.82, 2.24) is 10.2 Å². The standard InChI is InChI=1S/C17H26N2O2/c1-3-4-10-21-17(20)18-16-13-19(11-14(16)2)12-15-8-6-5-7-9-15/h5-9,14,16H,3-4,10-13H2,1-2H3,(H,18,20)/t14-,16-/m1/s1. The number of unbranched alkanes of at least 4 members (excludes halogenated alkanes) is 1. The van der Waals surface area contributed by atoms with Crippen molar-refractivity contribution in [2.75, 3.05) is 19.7 Å². The van der Waals surface area contributed by atoms with Gasteiger partial charge in [0, 0.05) is 25.7 Å². The number of benzene rings is 1. The smallest absolute Gasteiger partial charge is 0.407 e. The fourth-order valence-corrected chi connectivity index (χ4v) is 2.73. The van der Waals surface area contributed by atoms with Crippen LogP contribution in [0.5, 0.6) is 0 Å². The van der Waals surface area contributed by atoms with Gasteiger partial charge in [0.15, 0.2) is 0 Å². The molecular formula is C17H26N2O2. The van der Waals surface area contributed by atoms with Gasteiger partial charge in [-0.3, -0.25) is 4.90 Å². The van der Waals surface area contributed by atoms with E-state index < -0.39 is 0 Å². The molecule has 1 fully saturated rings. The first-order chi connectivity index (χ1) is 10.2. The van der Waals surface area contributed by atoms with Crippen LogP contribution in [0.15, 0.2) is 30.3 Å². The Balaban J connectivity index is 1.77. The Morgan fingerprint density at radius 2 is 2.10 bits per heavy atom. The summed E-state index contributed by atoms with van der Waals surface area (Å²) in [5.41, 5.74) is 1.32. The average molecular weight is 290 g/mol. The van der Waals surface area contributed by atoms with Crippen LogP contribution in [-0.4, -0.2) is 36.7 Å². The number of ether oxygens (including phenoxy) is 1. The maximum Gasteiger partial charge on any atom is 0.407 e. The van der Waals surface area contributed by atoms with Crippen LogP contribution < -0.4 is 5.32 Å². The lowest BCUT2D eigenvalue weighted by Crippen LogP contribution is -2.40. The summed E-state index contributed by atoms with van der Waals surface area (Å²) in [4.78, 5) is 14.1. The van der Waals surface area contributed by atoms with Crippen LogP contribution in [0.3, 0.4) is 0 Å². The second kappa shape index (κ2) is 8.03. The van der Waals surface area contributed by atoms with Crippen molar-refractivity contribution in [3.63, 3.8) is 0 Å². The molecule has 0 saturated carbocycles. The second-order valence-corrected chi connectivity index (χ2v) is 5.90. The Bertz CT molecular complexity index is 436. The second-order valence-electron chi connectivity index (χ2n) is 5.90. The molecule has 0 spiro atoms. The molecular weight excluding hydrogens is 264 g/mol. The third-order valence-corrected chi connectivity index (χ3v) is 3.97. The van der Waals surface area contributed by atoms with Crippen LogP contribution >= 0.6 is 0 Å². The third kappa shape index (κ3) is 5.05. The predicted octanol–water partition coefficient (Wildman–Crippen LogP) is 3.03. The third-order valence-electron chi connectivity index (χ3n) is 3.97. The van der Waals surface area contributed by atoms with E-state index in [-0.39, 0.29) is 12.1 Å². The summed E-state index contributed by atoms with van der Waals surface area (Å²) in [5, 5.41) is 3.00. The summed E-state index contributed by atoms with van der Waals surface area (Å²) >= 11 is 0. The first kappa shape index (κ1) is 15.8. The zero-order chi connectivity index (χ0) is 15.1. The van der Waals surface area contributed by atoms with Crippen LogP contribution in [0, 0.1) is 5.92 Å². The van der Waals surface area contributed by atoms with Crippen LogP contribution in [0.2, 0.25) is 0 Å². The van der Waals surface area contributed by atoms with Gasteiger partial charge < -0.3 is 10.1 Å². The maximum absolute atomic E-state index is 11.7. The SMILES string of the molecule is CCCCOC(=O)N[C@@H]1CN(Cc2ccccc2)C[C@H]1C. The molecule has 1 N–H and O–H groups in total. The number of rotatable bonds is 6. The lowest BCUT2D eigenvalue weighted by atomic mass is 10.1. The molecule has 0 aromatic heterocycles. The Morgan fingerprint density at radius 3 is 2.81 bits per heavy atom. The van der Waals surface area contributed by atoms with Crippen molar-refractivity contribution in [2.45, 2.75) is 39.3 Å². The van der Waals surface area contributed by atoms with Gasteiger partial charge in [0.05, 0.1) is 6.61 Å². The summed E-state index contributed by atoms with van der Waals surface area (Å²) in [6.45, 7) is 7.61. The van der Waals surface area contributed by atoms with Gasteiger partial charge in [-0.1, -0.05) is 50.6 Å². The highest BCUT2D eigenvalue weighted by Crippen LogP contribution is 2.19. The Labute approximate surface area is 127 Å². The molecule has 2 atom stereocenters. The number of likely N-dealkylation sites (tertiary alicyclic amines) is 1. The van der Waals surface area contributed by atoms with Gasteiger partial charge in [0.2, 0.25) is 0 Å². The average Bonchev–Trinajstić information content (AvgIpc) is 2.80. The predicted molar refractivity (Wildman–Crippen MR) is 84.1 cm³/mol. The van der Waals surface area contributed by atoms with E-state index >= 15 is 0 Å². The highest BCUT2D eigenvalue weighted by atomic mass is 16.5. The number of carbonyl (C=O) groups excluding carboxylic acids is 1. The maximum atomic E-state index is 11.7. The normalized spacial score (nSPS) is 22.2. The molecule has 1 aliphatic rings. The van der Waals surface area contributed by atoms with E-state index in [9.17, 15) is 4.79 Å². The first-order valence-corrected chi connectivity index (χ1v) is 7.88. The molecule has 0 aliphatic carbocycles. The monoisotopic (exact) mass is 290 g/mol. The largest absolute Gasteiger partial charge is 0.450 e. The minimum Gasteiger partial charge on any atom is -0.450 e. The molecule has 1 aromatic carbocycles. The zero-order valence-corrected chi connectivity index (χ0v) is 13.0. The van der Waals surface area contributed by atoms with E-state index in [4.69, 9.17) is 4.74 Å². The number of amides is 1. The molecule has 21 heavy (non-hydrogen) atoms. The minimum atomic E-state index is -0.276. The zero-order valence-electron chi connectivity index (χ0n) is 13.0. The molecule has 2 rings (SSSR count). The molecule has 116 valence electrons. The van der Waals surface area contributed by atoms with Gasteiger partial charge in [-0.2, -0.15) is 0 Å². The fourth-order valence-electron chi connectivity index (χ4n) is 2.73. The highest BCUT2D eigenvalue weighted by molar-refractivity contribution is 5.67. The molecule has 4 heteroatoms. The van der Waals surface area contributed by atoms with Crippen molar-refractivity contribution >= 4 is 6.09 Å². The van der Waals surface area contributed by atoms with E-state index in [0.29, 0.717) is 12.5 Å². The van der Waals surface area contributed by atoms with Crippen LogP contribution in [0.25, 0.3) is 0 Å². The van der Waals surface area contributed by atoms with Crippen LogP contribution in [0.4, 0.5) is 4.79 Å². The van der Waals surface area contributed by atoms with E-state index in [2.05, 4.69) is 48.3 Å². The number of alkyl carbamates (subject to hydrolysis) is 1. The Hall–Kier alpha value is -1.55. The summed E-state index contributed by atoms with van der Waals surface area (Å²) in [7, 11) is 0. The van der Waals surface area contributed by atoms with Gasteiger partial charge in [-0.15, -0.1) is 0 Å². The van der Waals surface area contributed by atoms with Gasteiger partial charge in [0.1, 0.15) is 0 Å². The first-order valence-electron chi connectivity index (χ1n) is 7.88. The molecule has 0 radical (unpaired) electrons. The van der Waals surface area contributed by atoms with Crippen molar-refractivity contribution < 1.29 is 9.53 Å². The number of nitrogens with zero attached hydrogens (tertiary/aromatic N) is 1. The van der Waals surface area contributed by atoms with Crippen LogP contribution in [0.1, 0.15) is 32.3 Å². The molecule has 1 heterocycles.